The van der Waals surface area contributed by atoms with Crippen molar-refractivity contribution in [3.8, 4) is 0 Å². The van der Waals surface area contributed by atoms with Gasteiger partial charge in [-0.2, -0.15) is 0 Å². The lowest BCUT2D eigenvalue weighted by Gasteiger charge is -2.31. The topological polar surface area (TPSA) is 80.0 Å². The summed E-state index contributed by atoms with van der Waals surface area (Å²) in [7, 11) is 0. The molecule has 0 radical (unpaired) electrons. The molecule has 2 rings (SSSR count). The highest BCUT2D eigenvalue weighted by atomic mass is 16.2. The Morgan fingerprint density at radius 3 is 2.38 bits per heavy atom. The fourth-order valence-corrected chi connectivity index (χ4v) is 2.62. The second-order valence-corrected chi connectivity index (χ2v) is 4.78. The van der Waals surface area contributed by atoms with Crippen molar-refractivity contribution in [2.45, 2.75) is 31.7 Å². The van der Waals surface area contributed by atoms with Crippen molar-refractivity contribution in [3.05, 3.63) is 0 Å². The summed E-state index contributed by atoms with van der Waals surface area (Å²) in [5.41, 5.74) is 5.26. The van der Waals surface area contributed by atoms with E-state index in [1.807, 2.05) is 4.90 Å². The van der Waals surface area contributed by atoms with Gasteiger partial charge in [-0.25, -0.2) is 0 Å². The zero-order valence-corrected chi connectivity index (χ0v) is 9.52. The summed E-state index contributed by atoms with van der Waals surface area (Å²) in [6.45, 7) is 2.45. The molecule has 0 bridgehead atoms. The van der Waals surface area contributed by atoms with Crippen LogP contribution in [0.1, 0.15) is 25.7 Å². The fraction of sp³-hybridized carbons (Fsp3) is 0.818. The molecule has 2 amide bonds. The van der Waals surface area contributed by atoms with Gasteiger partial charge >= 0.3 is 0 Å². The molecular weight excluding hydrogens is 206 g/mol. The summed E-state index contributed by atoms with van der Waals surface area (Å²) in [5.74, 6) is -0.00319. The third-order valence-corrected chi connectivity index (χ3v) is 3.70. The molecule has 0 aromatic rings. The minimum Gasteiger partial charge on any atom is -0.369 e. The van der Waals surface area contributed by atoms with Gasteiger partial charge in [0, 0.05) is 31.8 Å². The molecule has 2 aliphatic rings. The number of piperidine rings is 1. The van der Waals surface area contributed by atoms with Crippen LogP contribution in [0, 0.1) is 5.92 Å². The Hall–Kier alpha value is -1.10. The molecule has 0 aliphatic carbocycles. The van der Waals surface area contributed by atoms with Gasteiger partial charge in [0.25, 0.3) is 5.91 Å². The van der Waals surface area contributed by atoms with E-state index in [0.29, 0.717) is 13.1 Å². The van der Waals surface area contributed by atoms with Gasteiger partial charge in [0.2, 0.25) is 5.91 Å². The summed E-state index contributed by atoms with van der Waals surface area (Å²) in [5, 5.41) is 2.13. The van der Waals surface area contributed by atoms with Gasteiger partial charge in [-0.05, 0) is 12.8 Å². The van der Waals surface area contributed by atoms with Crippen molar-refractivity contribution < 1.29 is 14.9 Å². The average molecular weight is 226 g/mol. The van der Waals surface area contributed by atoms with Gasteiger partial charge < -0.3 is 16.0 Å². The lowest BCUT2D eigenvalue weighted by molar-refractivity contribution is -0.658. The molecule has 0 saturated carbocycles. The van der Waals surface area contributed by atoms with Crippen molar-refractivity contribution in [1.29, 1.82) is 0 Å². The zero-order chi connectivity index (χ0) is 11.5. The van der Waals surface area contributed by atoms with E-state index < -0.39 is 0 Å². The third kappa shape index (κ3) is 2.35. The predicted molar refractivity (Wildman–Crippen MR) is 58.3 cm³/mol. The molecule has 5 heteroatoms. The van der Waals surface area contributed by atoms with Crippen LogP contribution in [0.5, 0.6) is 0 Å². The minimum absolute atomic E-state index is 0.0309. The summed E-state index contributed by atoms with van der Waals surface area (Å²) in [6, 6.07) is 0.130. The number of likely N-dealkylation sites (tertiary alicyclic amines) is 1. The largest absolute Gasteiger partial charge is 0.369 e. The molecule has 2 fully saturated rings. The Morgan fingerprint density at radius 2 is 1.88 bits per heavy atom. The van der Waals surface area contributed by atoms with Gasteiger partial charge in [0.1, 0.15) is 0 Å². The Bertz CT molecular complexity index is 279. The number of amides is 2. The van der Waals surface area contributed by atoms with E-state index >= 15 is 0 Å². The van der Waals surface area contributed by atoms with Crippen LogP contribution in [0.15, 0.2) is 0 Å². The van der Waals surface area contributed by atoms with Crippen LogP contribution in [0.3, 0.4) is 0 Å². The van der Waals surface area contributed by atoms with Crippen LogP contribution in [0.2, 0.25) is 0 Å². The molecule has 2 aliphatic heterocycles. The van der Waals surface area contributed by atoms with Gasteiger partial charge in [-0.15, -0.1) is 0 Å². The van der Waals surface area contributed by atoms with Gasteiger partial charge in [0.15, 0.2) is 6.04 Å². The fourth-order valence-electron chi connectivity index (χ4n) is 2.62. The van der Waals surface area contributed by atoms with Crippen LogP contribution in [0.25, 0.3) is 0 Å². The van der Waals surface area contributed by atoms with Gasteiger partial charge in [-0.1, -0.05) is 0 Å². The number of carbonyl (C=O) groups is 2. The average Bonchev–Trinajstić information content (AvgIpc) is 2.81. The van der Waals surface area contributed by atoms with Gasteiger partial charge in [-0.3, -0.25) is 9.59 Å². The van der Waals surface area contributed by atoms with Crippen molar-refractivity contribution in [2.75, 3.05) is 19.6 Å². The van der Waals surface area contributed by atoms with E-state index in [2.05, 4.69) is 5.32 Å². The minimum atomic E-state index is -0.223. The number of hydrogen-bond donors (Lipinski definition) is 2. The van der Waals surface area contributed by atoms with Crippen molar-refractivity contribution >= 4 is 11.8 Å². The SMILES string of the molecule is NC(=O)C1CCN(C(=O)[C@H]2CCC[NH2+]2)CC1. The smallest absolute Gasteiger partial charge is 0.280 e. The highest BCUT2D eigenvalue weighted by Gasteiger charge is 2.33. The molecule has 16 heavy (non-hydrogen) atoms. The summed E-state index contributed by atoms with van der Waals surface area (Å²) < 4.78 is 0. The van der Waals surface area contributed by atoms with Gasteiger partial charge in [0.05, 0.1) is 6.54 Å². The number of carbonyl (C=O) groups excluding carboxylic acids is 2. The Kier molecular flexibility index (Phi) is 3.43. The van der Waals surface area contributed by atoms with Crippen LogP contribution in [-0.2, 0) is 9.59 Å². The monoisotopic (exact) mass is 226 g/mol. The number of rotatable bonds is 2. The van der Waals surface area contributed by atoms with E-state index in [-0.39, 0.29) is 23.8 Å². The number of quaternary nitrogens is 1. The van der Waals surface area contributed by atoms with Crippen molar-refractivity contribution in [3.63, 3.8) is 0 Å². The number of nitrogens with two attached hydrogens (primary N) is 2. The van der Waals surface area contributed by atoms with E-state index in [9.17, 15) is 9.59 Å². The lowest BCUT2D eigenvalue weighted by atomic mass is 9.96. The molecule has 2 heterocycles. The maximum absolute atomic E-state index is 12.1. The standard InChI is InChI=1S/C11H19N3O2/c12-10(15)8-3-6-14(7-4-8)11(16)9-2-1-5-13-9/h8-9,13H,1-7H2,(H2,12,15)/p+1/t9-/m1/s1. The summed E-state index contributed by atoms with van der Waals surface area (Å²) in [4.78, 5) is 24.9. The van der Waals surface area contributed by atoms with Crippen LogP contribution in [0.4, 0.5) is 0 Å². The first-order valence-electron chi connectivity index (χ1n) is 6.10. The number of primary amides is 1. The maximum atomic E-state index is 12.1. The normalized spacial score (nSPS) is 27.0. The van der Waals surface area contributed by atoms with Crippen molar-refractivity contribution in [1.82, 2.24) is 4.90 Å². The van der Waals surface area contributed by atoms with E-state index in [0.717, 1.165) is 32.2 Å². The Balaban J connectivity index is 1.84. The molecular formula is C11H20N3O2+. The highest BCUT2D eigenvalue weighted by molar-refractivity contribution is 5.81. The molecule has 2 saturated heterocycles. The first kappa shape index (κ1) is 11.4. The summed E-state index contributed by atoms with van der Waals surface area (Å²) >= 11 is 0. The van der Waals surface area contributed by atoms with E-state index in [1.54, 1.807) is 0 Å². The van der Waals surface area contributed by atoms with Crippen molar-refractivity contribution in [2.24, 2.45) is 11.7 Å². The summed E-state index contributed by atoms with van der Waals surface area (Å²) in [6.07, 6.45) is 3.59. The van der Waals surface area contributed by atoms with Crippen LogP contribution < -0.4 is 11.1 Å². The number of nitrogens with zero attached hydrogens (tertiary/aromatic N) is 1. The molecule has 0 aromatic heterocycles. The quantitative estimate of drug-likeness (QED) is 0.597. The molecule has 0 spiro atoms. The first-order valence-corrected chi connectivity index (χ1v) is 6.10. The third-order valence-electron chi connectivity index (χ3n) is 3.70. The maximum Gasteiger partial charge on any atom is 0.280 e. The number of hydrogen-bond acceptors (Lipinski definition) is 2. The molecule has 0 unspecified atom stereocenters. The second-order valence-electron chi connectivity index (χ2n) is 4.78. The van der Waals surface area contributed by atoms with E-state index in [4.69, 9.17) is 5.73 Å². The Labute approximate surface area is 95.3 Å². The predicted octanol–water partition coefficient (Wildman–Crippen LogP) is -1.56. The van der Waals surface area contributed by atoms with Crippen LogP contribution >= 0.6 is 0 Å². The lowest BCUT2D eigenvalue weighted by Crippen LogP contribution is -2.89. The highest BCUT2D eigenvalue weighted by Crippen LogP contribution is 2.17. The van der Waals surface area contributed by atoms with E-state index in [1.165, 1.54) is 0 Å². The zero-order valence-electron chi connectivity index (χ0n) is 9.52. The van der Waals surface area contributed by atoms with Crippen LogP contribution in [-0.4, -0.2) is 42.4 Å². The second kappa shape index (κ2) is 4.82. The molecule has 90 valence electrons. The first-order chi connectivity index (χ1) is 7.68. The Morgan fingerprint density at radius 1 is 1.19 bits per heavy atom. The molecule has 1 atom stereocenters. The molecule has 0 aromatic carbocycles. The molecule has 5 nitrogen and oxygen atoms in total. The molecule has 4 N–H and O–H groups in total.